The minimum atomic E-state index is -1.59. The van der Waals surface area contributed by atoms with Crippen molar-refractivity contribution < 1.29 is 39.2 Å². The number of rotatable bonds is 14. The van der Waals surface area contributed by atoms with Gasteiger partial charge in [-0.25, -0.2) is 4.98 Å². The number of aromatic nitrogens is 6. The fourth-order valence-electron chi connectivity index (χ4n) is 4.99. The minimum Gasteiger partial charge on any atom is -0.494 e. The lowest BCUT2D eigenvalue weighted by molar-refractivity contribution is 0.281. The average molecular weight is 832 g/mol. The summed E-state index contributed by atoms with van der Waals surface area (Å²) in [5, 5.41) is 36.2. The van der Waals surface area contributed by atoms with Crippen molar-refractivity contribution in [3.63, 3.8) is 0 Å². The van der Waals surface area contributed by atoms with Crippen molar-refractivity contribution in [2.24, 2.45) is 0 Å². The van der Waals surface area contributed by atoms with Gasteiger partial charge in [-0.15, -0.1) is 0 Å². The lowest BCUT2D eigenvalue weighted by Crippen LogP contribution is -2.31. The van der Waals surface area contributed by atoms with Gasteiger partial charge in [0.2, 0.25) is 5.28 Å². The fourth-order valence-corrected chi connectivity index (χ4v) is 5.36. The van der Waals surface area contributed by atoms with Gasteiger partial charge in [-0.1, -0.05) is 49.7 Å². The van der Waals surface area contributed by atoms with Crippen LogP contribution >= 0.6 is 23.2 Å². The second-order valence-electron chi connectivity index (χ2n) is 12.3. The molecule has 304 valence electrons. The van der Waals surface area contributed by atoms with Gasteiger partial charge in [0.15, 0.2) is 17.5 Å². The molecule has 0 fully saturated rings. The van der Waals surface area contributed by atoms with Crippen LogP contribution < -0.4 is 24.4 Å². The molecule has 0 saturated heterocycles. The maximum atomic E-state index is 9.43. The number of hydrogen-bond donors (Lipinski definition) is 4. The minimum absolute atomic E-state index is 0.0401. The largest absolute Gasteiger partial charge is 0.494 e. The van der Waals surface area contributed by atoms with Crippen LogP contribution in [-0.4, -0.2) is 84.7 Å². The van der Waals surface area contributed by atoms with Crippen LogP contribution in [0.3, 0.4) is 0 Å². The highest BCUT2D eigenvalue weighted by Crippen LogP contribution is 2.27. The number of nitrogens with zero attached hydrogens (tertiary/aromatic N) is 6. The van der Waals surface area contributed by atoms with Crippen LogP contribution in [0.1, 0.15) is 43.4 Å². The first-order valence-corrected chi connectivity index (χ1v) is 19.0. The molecule has 0 bridgehead atoms. The summed E-state index contributed by atoms with van der Waals surface area (Å²) in [7, 11) is 1.42. The third-order valence-electron chi connectivity index (χ3n) is 7.98. The molecule has 2 aromatic heterocycles. The molecule has 0 unspecified atom stereocenters. The highest BCUT2D eigenvalue weighted by atomic mass is 35.5. The molecule has 6 rings (SSSR count). The molecule has 17 heteroatoms. The molecule has 0 amide bonds. The first-order valence-electron chi connectivity index (χ1n) is 18.2. The van der Waals surface area contributed by atoms with Gasteiger partial charge in [0, 0.05) is 27.2 Å². The Morgan fingerprint density at radius 1 is 0.586 bits per heavy atom. The Hall–Kier alpha value is -5.42. The van der Waals surface area contributed by atoms with Crippen molar-refractivity contribution in [1.29, 1.82) is 0 Å². The van der Waals surface area contributed by atoms with Crippen LogP contribution in [0, 0.1) is 6.92 Å². The van der Waals surface area contributed by atoms with Crippen molar-refractivity contribution in [2.75, 3.05) is 27.4 Å². The Kier molecular flexibility index (Phi) is 18.0. The summed E-state index contributed by atoms with van der Waals surface area (Å²) in [6.07, 6.45) is 1.93. The van der Waals surface area contributed by atoms with E-state index in [9.17, 15) is 5.11 Å². The van der Waals surface area contributed by atoms with E-state index >= 15 is 0 Å². The molecule has 0 atom stereocenters. The summed E-state index contributed by atoms with van der Waals surface area (Å²) in [4.78, 5) is 25.4. The zero-order valence-corrected chi connectivity index (χ0v) is 34.3. The highest BCUT2D eigenvalue weighted by molar-refractivity contribution is 6.62. The van der Waals surface area contributed by atoms with Gasteiger partial charge >= 0.3 is 19.1 Å². The molecule has 0 aliphatic rings. The van der Waals surface area contributed by atoms with Crippen LogP contribution in [0.2, 0.25) is 10.3 Å². The van der Waals surface area contributed by atoms with E-state index in [0.29, 0.717) is 36.3 Å². The summed E-state index contributed by atoms with van der Waals surface area (Å²) in [5.41, 5.74) is 5.13. The van der Waals surface area contributed by atoms with E-state index in [2.05, 4.69) is 43.8 Å². The number of aryl methyl sites for hydroxylation is 1. The predicted molar refractivity (Wildman–Crippen MR) is 224 cm³/mol. The Labute approximate surface area is 347 Å². The third kappa shape index (κ3) is 13.3. The summed E-state index contributed by atoms with van der Waals surface area (Å²) >= 11 is 11.5. The summed E-state index contributed by atoms with van der Waals surface area (Å²) in [6.45, 7) is 7.31. The lowest BCUT2D eigenvalue weighted by Gasteiger charge is -2.10. The number of ether oxygens (including phenoxy) is 4. The Balaban J connectivity index is 0.000000209. The molecule has 2 heterocycles. The standard InChI is InChI=1S/C21H23N3O3.C13H14ClN3O2.C7H8BClO3/c1-4-11-27-17-9-7-16(8-10-17)19-22-20(24-21(23-19)26-3)18-12-15(13-25)6-5-14(18)2;1-3-8-19-10-6-4-9(5-7-10)11-15-12(14)17-13(16-11)18-2;9-7-2-1-5(4-10)3-6(7)8(11)12/h5-10,12,25H,4,11,13H2,1-3H3;4-7H,3,8H2,1-2H3;1-3,10-12H,4H2. The molecule has 0 radical (unpaired) electrons. The van der Waals surface area contributed by atoms with Gasteiger partial charge in [-0.3, -0.25) is 0 Å². The van der Waals surface area contributed by atoms with Gasteiger partial charge in [-0.2, -0.15) is 24.9 Å². The molecule has 0 spiro atoms. The van der Waals surface area contributed by atoms with Crippen LogP contribution in [0.25, 0.3) is 34.2 Å². The number of hydrogen-bond acceptors (Lipinski definition) is 14. The van der Waals surface area contributed by atoms with Gasteiger partial charge in [0.1, 0.15) is 11.5 Å². The lowest BCUT2D eigenvalue weighted by atomic mass is 9.79. The van der Waals surface area contributed by atoms with Crippen molar-refractivity contribution in [2.45, 2.75) is 46.8 Å². The van der Waals surface area contributed by atoms with E-state index in [0.717, 1.165) is 52.2 Å². The van der Waals surface area contributed by atoms with Crippen molar-refractivity contribution >= 4 is 35.8 Å². The van der Waals surface area contributed by atoms with E-state index in [1.807, 2.05) is 73.7 Å². The van der Waals surface area contributed by atoms with Gasteiger partial charge in [-0.05, 0) is 109 Å². The molecule has 0 aliphatic heterocycles. The van der Waals surface area contributed by atoms with Gasteiger partial charge in [0.25, 0.3) is 0 Å². The number of benzene rings is 4. The quantitative estimate of drug-likeness (QED) is 0.0893. The highest BCUT2D eigenvalue weighted by Gasteiger charge is 2.16. The Morgan fingerprint density at radius 2 is 1.07 bits per heavy atom. The molecular formula is C41H45BCl2N6O8. The first kappa shape index (κ1) is 45.3. The molecule has 4 N–H and O–H groups in total. The molecular weight excluding hydrogens is 786 g/mol. The second kappa shape index (κ2) is 23.1. The van der Waals surface area contributed by atoms with Crippen molar-refractivity contribution in [3.05, 3.63) is 112 Å². The summed E-state index contributed by atoms with van der Waals surface area (Å²) in [5.74, 6) is 3.13. The third-order valence-corrected chi connectivity index (χ3v) is 8.50. The van der Waals surface area contributed by atoms with Gasteiger partial charge in [0.05, 0.1) is 40.6 Å². The Bertz CT molecular complexity index is 2200. The number of methoxy groups -OCH3 is 2. The zero-order chi connectivity index (χ0) is 42.0. The molecule has 58 heavy (non-hydrogen) atoms. The molecule has 14 nitrogen and oxygen atoms in total. The fraction of sp³-hybridized carbons (Fsp3) is 0.268. The first-order chi connectivity index (χ1) is 28.0. The number of aliphatic hydroxyl groups excluding tert-OH is 2. The normalized spacial score (nSPS) is 10.4. The van der Waals surface area contributed by atoms with Crippen molar-refractivity contribution in [1.82, 2.24) is 29.9 Å². The summed E-state index contributed by atoms with van der Waals surface area (Å²) in [6, 6.07) is 25.9. The molecule has 6 aromatic rings. The second-order valence-corrected chi connectivity index (χ2v) is 13.1. The van der Waals surface area contributed by atoms with E-state index in [4.69, 9.17) is 57.3 Å². The van der Waals surface area contributed by atoms with E-state index in [-0.39, 0.29) is 41.0 Å². The number of aliphatic hydroxyl groups is 2. The maximum absolute atomic E-state index is 9.43. The predicted octanol–water partition coefficient (Wildman–Crippen LogP) is 6.31. The van der Waals surface area contributed by atoms with E-state index in [1.165, 1.54) is 26.4 Å². The smallest absolute Gasteiger partial charge is 0.489 e. The van der Waals surface area contributed by atoms with Crippen LogP contribution in [-0.2, 0) is 13.2 Å². The van der Waals surface area contributed by atoms with Crippen LogP contribution in [0.5, 0.6) is 23.5 Å². The molecule has 4 aromatic carbocycles. The van der Waals surface area contributed by atoms with Crippen LogP contribution in [0.4, 0.5) is 0 Å². The average Bonchev–Trinajstić information content (AvgIpc) is 3.25. The maximum Gasteiger partial charge on any atom is 0.489 e. The SMILES string of the molecule is CCCOc1ccc(-c2nc(Cl)nc(OC)n2)cc1.CCCOc1ccc(-c2nc(OC)nc(-c3cc(CO)ccc3C)n2)cc1.OCc1ccc(Cl)c(B(O)O)c1. The monoisotopic (exact) mass is 830 g/mol. The van der Waals surface area contributed by atoms with Gasteiger partial charge < -0.3 is 39.2 Å². The summed E-state index contributed by atoms with van der Waals surface area (Å²) < 4.78 is 21.4. The van der Waals surface area contributed by atoms with Crippen LogP contribution in [0.15, 0.2) is 84.9 Å². The number of halogens is 2. The van der Waals surface area contributed by atoms with Crippen molar-refractivity contribution in [3.8, 4) is 57.7 Å². The Morgan fingerprint density at radius 3 is 1.57 bits per heavy atom. The zero-order valence-electron chi connectivity index (χ0n) is 32.8. The molecule has 0 aliphatic carbocycles. The molecule has 0 saturated carbocycles. The van der Waals surface area contributed by atoms with E-state index in [1.54, 1.807) is 6.07 Å². The topological polar surface area (TPSA) is 195 Å². The van der Waals surface area contributed by atoms with E-state index < -0.39 is 7.12 Å².